The van der Waals surface area contributed by atoms with Crippen LogP contribution < -0.4 is 4.74 Å². The summed E-state index contributed by atoms with van der Waals surface area (Å²) >= 11 is 0. The van der Waals surface area contributed by atoms with Crippen LogP contribution in [0, 0.1) is 13.8 Å². The fourth-order valence-corrected chi connectivity index (χ4v) is 1.88. The Morgan fingerprint density at radius 1 is 1.12 bits per heavy atom. The van der Waals surface area contributed by atoms with Crippen LogP contribution in [-0.4, -0.2) is 27.1 Å². The number of aromatic nitrogens is 4. The molecule has 16 heavy (non-hydrogen) atoms. The van der Waals surface area contributed by atoms with E-state index in [4.69, 9.17) is 4.74 Å². The number of rotatable bonds is 2. The molecule has 2 rings (SSSR count). The van der Waals surface area contributed by atoms with E-state index in [1.165, 1.54) is 0 Å². The number of hydrogen-bond donors (Lipinski definition) is 0. The Kier molecular flexibility index (Phi) is 2.53. The van der Waals surface area contributed by atoms with E-state index in [9.17, 15) is 0 Å². The Hall–Kier alpha value is -1.65. The van der Waals surface area contributed by atoms with Gasteiger partial charge >= 0.3 is 0 Å². The average molecular weight is 220 g/mol. The maximum absolute atomic E-state index is 5.23. The van der Waals surface area contributed by atoms with Gasteiger partial charge in [0.05, 0.1) is 29.4 Å². The molecule has 0 atom stereocenters. The number of nitrogens with zero attached hydrogens (tertiary/aromatic N) is 4. The summed E-state index contributed by atoms with van der Waals surface area (Å²) in [7, 11) is 1.60. The highest BCUT2D eigenvalue weighted by Crippen LogP contribution is 2.29. The van der Waals surface area contributed by atoms with Crippen LogP contribution in [0.15, 0.2) is 0 Å². The molecule has 0 fully saturated rings. The second kappa shape index (κ2) is 3.73. The summed E-state index contributed by atoms with van der Waals surface area (Å²) in [5, 5.41) is 13.6. The average Bonchev–Trinajstić information content (AvgIpc) is 2.59. The molecule has 2 heterocycles. The summed E-state index contributed by atoms with van der Waals surface area (Å²) in [5.74, 6) is 0.546. The summed E-state index contributed by atoms with van der Waals surface area (Å²) < 4.78 is 7.20. The molecule has 0 radical (unpaired) electrons. The smallest absolute Gasteiger partial charge is 0.244 e. The van der Waals surface area contributed by atoms with Gasteiger partial charge in [0.1, 0.15) is 0 Å². The molecular formula is C11H16N4O. The zero-order valence-corrected chi connectivity index (χ0v) is 10.3. The fraction of sp³-hybridized carbons (Fsp3) is 0.545. The lowest BCUT2D eigenvalue weighted by atomic mass is 10.2. The Balaban J connectivity index is 2.88. The lowest BCUT2D eigenvalue weighted by molar-refractivity contribution is 0.397. The van der Waals surface area contributed by atoms with Crippen molar-refractivity contribution in [2.24, 2.45) is 0 Å². The Bertz CT molecular complexity index is 530. The highest BCUT2D eigenvalue weighted by molar-refractivity contribution is 5.88. The maximum Gasteiger partial charge on any atom is 0.244 e. The van der Waals surface area contributed by atoms with Gasteiger partial charge in [-0.1, -0.05) is 0 Å². The summed E-state index contributed by atoms with van der Waals surface area (Å²) in [6, 6.07) is 0.295. The SMILES string of the molecule is COc1nnc(C)c2c1c(C)nn2C(C)C. The van der Waals surface area contributed by atoms with Crippen LogP contribution in [-0.2, 0) is 0 Å². The molecule has 0 aliphatic rings. The van der Waals surface area contributed by atoms with Gasteiger partial charge < -0.3 is 4.74 Å². The van der Waals surface area contributed by atoms with Crippen molar-refractivity contribution in [2.75, 3.05) is 7.11 Å². The second-order valence-corrected chi connectivity index (χ2v) is 4.14. The van der Waals surface area contributed by atoms with E-state index in [-0.39, 0.29) is 0 Å². The van der Waals surface area contributed by atoms with Crippen molar-refractivity contribution in [1.82, 2.24) is 20.0 Å². The topological polar surface area (TPSA) is 52.8 Å². The molecule has 0 saturated heterocycles. The van der Waals surface area contributed by atoms with E-state index in [0.29, 0.717) is 11.9 Å². The predicted octanol–water partition coefficient (Wildman–Crippen LogP) is 2.03. The van der Waals surface area contributed by atoms with Gasteiger partial charge in [0.25, 0.3) is 0 Å². The molecule has 2 aromatic rings. The lowest BCUT2D eigenvalue weighted by Crippen LogP contribution is -2.05. The highest BCUT2D eigenvalue weighted by atomic mass is 16.5. The number of aryl methyl sites for hydroxylation is 2. The van der Waals surface area contributed by atoms with Crippen molar-refractivity contribution < 1.29 is 4.74 Å². The summed E-state index contributed by atoms with van der Waals surface area (Å²) in [6.45, 7) is 8.09. The third kappa shape index (κ3) is 1.43. The van der Waals surface area contributed by atoms with Gasteiger partial charge in [0.2, 0.25) is 5.88 Å². The highest BCUT2D eigenvalue weighted by Gasteiger charge is 2.17. The van der Waals surface area contributed by atoms with Gasteiger partial charge in [0, 0.05) is 6.04 Å². The van der Waals surface area contributed by atoms with E-state index in [0.717, 1.165) is 22.3 Å². The molecule has 5 heteroatoms. The van der Waals surface area contributed by atoms with Crippen LogP contribution in [0.4, 0.5) is 0 Å². The van der Waals surface area contributed by atoms with Gasteiger partial charge in [-0.15, -0.1) is 10.2 Å². The molecule has 0 amide bonds. The van der Waals surface area contributed by atoms with Crippen LogP contribution in [0.5, 0.6) is 5.88 Å². The van der Waals surface area contributed by atoms with E-state index < -0.39 is 0 Å². The van der Waals surface area contributed by atoms with Gasteiger partial charge in [-0.2, -0.15) is 5.10 Å². The first-order valence-corrected chi connectivity index (χ1v) is 5.32. The molecule has 0 aliphatic heterocycles. The molecule has 0 N–H and O–H groups in total. The third-order valence-corrected chi connectivity index (χ3v) is 2.62. The standard InChI is InChI=1S/C11H16N4O/c1-6(2)15-10-8(4)12-13-11(16-5)9(10)7(3)14-15/h6H,1-5H3. The first kappa shape index (κ1) is 10.9. The summed E-state index contributed by atoms with van der Waals surface area (Å²) in [5.41, 5.74) is 2.82. The zero-order valence-electron chi connectivity index (χ0n) is 10.3. The minimum absolute atomic E-state index is 0.295. The molecule has 0 spiro atoms. The molecule has 5 nitrogen and oxygen atoms in total. The van der Waals surface area contributed by atoms with E-state index in [2.05, 4.69) is 29.1 Å². The Morgan fingerprint density at radius 3 is 2.38 bits per heavy atom. The molecule has 0 saturated carbocycles. The number of hydrogen-bond acceptors (Lipinski definition) is 4. The molecule has 0 bridgehead atoms. The Morgan fingerprint density at radius 2 is 1.81 bits per heavy atom. The number of fused-ring (bicyclic) bond motifs is 1. The first-order valence-electron chi connectivity index (χ1n) is 5.32. The zero-order chi connectivity index (χ0) is 11.9. The van der Waals surface area contributed by atoms with Crippen LogP contribution in [0.1, 0.15) is 31.3 Å². The maximum atomic E-state index is 5.23. The van der Waals surface area contributed by atoms with Crippen LogP contribution in [0.2, 0.25) is 0 Å². The van der Waals surface area contributed by atoms with Gasteiger partial charge in [-0.3, -0.25) is 4.68 Å². The van der Waals surface area contributed by atoms with Crippen LogP contribution in [0.3, 0.4) is 0 Å². The van der Waals surface area contributed by atoms with Crippen molar-refractivity contribution in [3.05, 3.63) is 11.4 Å². The Labute approximate surface area is 94.4 Å². The van der Waals surface area contributed by atoms with Gasteiger partial charge in [-0.25, -0.2) is 0 Å². The van der Waals surface area contributed by atoms with Crippen molar-refractivity contribution >= 4 is 10.9 Å². The van der Waals surface area contributed by atoms with Crippen molar-refractivity contribution in [1.29, 1.82) is 0 Å². The number of ether oxygens (including phenoxy) is 1. The molecule has 0 aliphatic carbocycles. The predicted molar refractivity (Wildman–Crippen MR) is 61.7 cm³/mol. The fourth-order valence-electron chi connectivity index (χ4n) is 1.88. The van der Waals surface area contributed by atoms with Gasteiger partial charge in [0.15, 0.2) is 0 Å². The van der Waals surface area contributed by atoms with Crippen molar-refractivity contribution in [3.63, 3.8) is 0 Å². The van der Waals surface area contributed by atoms with Crippen molar-refractivity contribution in [3.8, 4) is 5.88 Å². The normalized spacial score (nSPS) is 11.4. The quantitative estimate of drug-likeness (QED) is 0.777. The minimum Gasteiger partial charge on any atom is -0.479 e. The molecular weight excluding hydrogens is 204 g/mol. The van der Waals surface area contributed by atoms with Crippen molar-refractivity contribution in [2.45, 2.75) is 33.7 Å². The van der Waals surface area contributed by atoms with E-state index in [1.807, 2.05) is 18.5 Å². The molecule has 0 unspecified atom stereocenters. The molecule has 0 aromatic carbocycles. The van der Waals surface area contributed by atoms with Crippen LogP contribution in [0.25, 0.3) is 10.9 Å². The molecule has 2 aromatic heterocycles. The largest absolute Gasteiger partial charge is 0.479 e. The van der Waals surface area contributed by atoms with E-state index in [1.54, 1.807) is 7.11 Å². The molecule has 86 valence electrons. The lowest BCUT2D eigenvalue weighted by Gasteiger charge is -2.08. The third-order valence-electron chi connectivity index (χ3n) is 2.62. The number of methoxy groups -OCH3 is 1. The second-order valence-electron chi connectivity index (χ2n) is 4.14. The minimum atomic E-state index is 0.295. The monoisotopic (exact) mass is 220 g/mol. The van der Waals surface area contributed by atoms with Crippen LogP contribution >= 0.6 is 0 Å². The van der Waals surface area contributed by atoms with Gasteiger partial charge in [-0.05, 0) is 27.7 Å². The summed E-state index contributed by atoms with van der Waals surface area (Å²) in [4.78, 5) is 0. The summed E-state index contributed by atoms with van der Waals surface area (Å²) in [6.07, 6.45) is 0. The van der Waals surface area contributed by atoms with E-state index >= 15 is 0 Å². The first-order chi connectivity index (χ1) is 7.56.